The molecule has 4 aromatic rings. The Morgan fingerprint density at radius 3 is 2.55 bits per heavy atom. The smallest absolute Gasteiger partial charge is 0.260 e. The molecule has 2 atom stereocenters. The number of ether oxygens (including phenoxy) is 1. The Morgan fingerprint density at radius 1 is 1.10 bits per heavy atom. The Hall–Kier alpha value is -3.53. The van der Waals surface area contributed by atoms with Gasteiger partial charge in [0.05, 0.1) is 12.7 Å². The minimum absolute atomic E-state index is 0.0532. The maximum Gasteiger partial charge on any atom is 0.260 e. The maximum absolute atomic E-state index is 14.1. The lowest BCUT2D eigenvalue weighted by Crippen LogP contribution is -2.35. The van der Waals surface area contributed by atoms with E-state index in [0.717, 1.165) is 73.1 Å². The molecule has 2 aromatic heterocycles. The van der Waals surface area contributed by atoms with Gasteiger partial charge in [-0.3, -0.25) is 13.6 Å². The number of likely N-dealkylation sites (N-methyl/N-ethyl adjacent to an activating group) is 1. The first-order chi connectivity index (χ1) is 20.2. The van der Waals surface area contributed by atoms with Crippen molar-refractivity contribution >= 4 is 38.1 Å². The second kappa shape index (κ2) is 11.6. The van der Waals surface area contributed by atoms with Crippen LogP contribution in [-0.2, 0) is 14.3 Å². The predicted molar refractivity (Wildman–Crippen MR) is 171 cm³/mol. The van der Waals surface area contributed by atoms with Crippen LogP contribution in [0.2, 0.25) is 0 Å². The highest BCUT2D eigenvalue weighted by atomic mass is 32.2. The van der Waals surface area contributed by atoms with E-state index in [1.54, 1.807) is 6.20 Å². The molecule has 3 heterocycles. The van der Waals surface area contributed by atoms with Crippen LogP contribution in [0.15, 0.2) is 64.4 Å². The first kappa shape index (κ1) is 28.6. The van der Waals surface area contributed by atoms with E-state index in [2.05, 4.69) is 40.3 Å². The molecule has 1 aliphatic heterocycles. The van der Waals surface area contributed by atoms with Crippen LogP contribution >= 0.6 is 0 Å². The Morgan fingerprint density at radius 2 is 1.86 bits per heavy atom. The molecule has 0 bridgehead atoms. The van der Waals surface area contributed by atoms with Crippen molar-refractivity contribution in [1.82, 2.24) is 19.4 Å². The van der Waals surface area contributed by atoms with Crippen LogP contribution in [0.3, 0.4) is 0 Å². The monoisotopic (exact) mass is 585 g/mol. The fourth-order valence-electron chi connectivity index (χ4n) is 6.10. The number of anilines is 2. The van der Waals surface area contributed by atoms with Gasteiger partial charge in [-0.2, -0.15) is 4.98 Å². The molecule has 1 aliphatic carbocycles. The third-order valence-corrected chi connectivity index (χ3v) is 10.7. The Bertz CT molecular complexity index is 1780. The summed E-state index contributed by atoms with van der Waals surface area (Å²) in [6, 6.07) is 15.8. The van der Waals surface area contributed by atoms with Crippen LogP contribution in [0.25, 0.3) is 22.2 Å². The molecule has 2 fully saturated rings. The fraction of sp³-hybridized carbons (Fsp3) is 0.394. The maximum atomic E-state index is 14.1. The van der Waals surface area contributed by atoms with Gasteiger partial charge in [-0.25, -0.2) is 4.98 Å². The van der Waals surface area contributed by atoms with Gasteiger partial charge < -0.3 is 15.0 Å². The fourth-order valence-corrected chi connectivity index (χ4v) is 7.14. The molecular weight excluding hydrogens is 546 g/mol. The van der Waals surface area contributed by atoms with E-state index in [4.69, 9.17) is 9.72 Å². The van der Waals surface area contributed by atoms with Crippen LogP contribution < -0.4 is 10.9 Å². The second-order valence-corrected chi connectivity index (χ2v) is 14.3. The molecule has 2 unspecified atom stereocenters. The van der Waals surface area contributed by atoms with Crippen molar-refractivity contribution in [2.75, 3.05) is 37.8 Å². The number of morpholine rings is 1. The molecule has 2 aromatic carbocycles. The molecule has 0 amide bonds. The van der Waals surface area contributed by atoms with E-state index >= 15 is 0 Å². The topological polar surface area (TPSA) is 89.3 Å². The number of rotatable bonds is 7. The van der Waals surface area contributed by atoms with Crippen molar-refractivity contribution in [1.29, 1.82) is 0 Å². The lowest BCUT2D eigenvalue weighted by atomic mass is 10.0. The van der Waals surface area contributed by atoms with Gasteiger partial charge in [0.25, 0.3) is 5.56 Å². The Kier molecular flexibility index (Phi) is 7.91. The van der Waals surface area contributed by atoms with Gasteiger partial charge in [0.15, 0.2) is 0 Å². The number of benzene rings is 2. The van der Waals surface area contributed by atoms with Gasteiger partial charge in [-0.05, 0) is 89.2 Å². The van der Waals surface area contributed by atoms with E-state index in [1.807, 2.05) is 54.8 Å². The summed E-state index contributed by atoms with van der Waals surface area (Å²) in [7, 11) is -0.231. The standard InChI is InChI=1S/C33H39N5O3S/c1-5-42(4,40)27-14-15-28(22(2)18-27)29-19-24-20-34-33(36-31(24)38(32(29)39)26-8-6-7-9-26)35-25-12-10-23(11-13-25)30-21-37(3)16-17-41-30/h10-15,18-20,26,30H,4-9,16-17,21H2,1-3H3,(H,34,35,36). The number of aryl methyl sites for hydroxylation is 1. The van der Waals surface area contributed by atoms with Crippen LogP contribution in [0.1, 0.15) is 55.9 Å². The first-order valence-electron chi connectivity index (χ1n) is 14.8. The number of fused-ring (bicyclic) bond motifs is 1. The third kappa shape index (κ3) is 5.61. The van der Waals surface area contributed by atoms with Crippen molar-refractivity contribution in [2.45, 2.75) is 56.6 Å². The minimum atomic E-state index is -2.35. The van der Waals surface area contributed by atoms with Crippen molar-refractivity contribution in [3.05, 3.63) is 76.2 Å². The number of hydrogen-bond donors (Lipinski definition) is 1. The van der Waals surface area contributed by atoms with Crippen LogP contribution in [0.4, 0.5) is 11.6 Å². The highest BCUT2D eigenvalue weighted by Gasteiger charge is 2.24. The first-order valence-corrected chi connectivity index (χ1v) is 16.7. The summed E-state index contributed by atoms with van der Waals surface area (Å²) >= 11 is 0. The summed E-state index contributed by atoms with van der Waals surface area (Å²) in [6.45, 7) is 6.40. The predicted octanol–water partition coefficient (Wildman–Crippen LogP) is 5.72. The quantitative estimate of drug-likeness (QED) is 0.277. The van der Waals surface area contributed by atoms with E-state index < -0.39 is 9.52 Å². The SMILES string of the molecule is C=S(=O)(CC)c1ccc(-c2cc3cnc(Nc4ccc(C5CN(C)CCO5)cc4)nc3n(C3CCCC3)c2=O)c(C)c1. The molecule has 9 heteroatoms. The molecule has 0 spiro atoms. The molecule has 0 radical (unpaired) electrons. The minimum Gasteiger partial charge on any atom is -0.371 e. The van der Waals surface area contributed by atoms with E-state index in [9.17, 15) is 9.00 Å². The molecule has 42 heavy (non-hydrogen) atoms. The number of aromatic nitrogens is 3. The van der Waals surface area contributed by atoms with Crippen LogP contribution in [0, 0.1) is 6.92 Å². The summed E-state index contributed by atoms with van der Waals surface area (Å²) in [4.78, 5) is 26.6. The van der Waals surface area contributed by atoms with Gasteiger partial charge in [0.2, 0.25) is 5.95 Å². The summed E-state index contributed by atoms with van der Waals surface area (Å²) in [6.07, 6.45) is 5.94. The molecular formula is C33H39N5O3S. The van der Waals surface area contributed by atoms with Crippen LogP contribution in [0.5, 0.6) is 0 Å². The van der Waals surface area contributed by atoms with Gasteiger partial charge in [0, 0.05) is 52.6 Å². The molecule has 8 nitrogen and oxygen atoms in total. The summed E-state index contributed by atoms with van der Waals surface area (Å²) in [5.74, 6) is 4.85. The van der Waals surface area contributed by atoms with Gasteiger partial charge >= 0.3 is 0 Å². The molecule has 1 N–H and O–H groups in total. The molecule has 6 rings (SSSR count). The number of pyridine rings is 1. The average molecular weight is 586 g/mol. The van der Waals surface area contributed by atoms with Crippen molar-refractivity contribution < 1.29 is 8.95 Å². The Balaban J connectivity index is 1.36. The van der Waals surface area contributed by atoms with Gasteiger partial charge in [0.1, 0.15) is 5.65 Å². The zero-order valence-electron chi connectivity index (χ0n) is 24.6. The molecule has 220 valence electrons. The highest BCUT2D eigenvalue weighted by Crippen LogP contribution is 2.33. The van der Waals surface area contributed by atoms with Crippen molar-refractivity contribution in [3.63, 3.8) is 0 Å². The summed E-state index contributed by atoms with van der Waals surface area (Å²) in [5.41, 5.74) is 4.95. The second-order valence-electron chi connectivity index (χ2n) is 11.6. The largest absolute Gasteiger partial charge is 0.371 e. The molecule has 1 saturated heterocycles. The van der Waals surface area contributed by atoms with E-state index in [0.29, 0.717) is 27.8 Å². The highest BCUT2D eigenvalue weighted by molar-refractivity contribution is 8.00. The summed E-state index contributed by atoms with van der Waals surface area (Å²) in [5, 5.41) is 4.15. The van der Waals surface area contributed by atoms with E-state index in [-0.39, 0.29) is 17.7 Å². The van der Waals surface area contributed by atoms with Gasteiger partial charge in [-0.15, -0.1) is 0 Å². The van der Waals surface area contributed by atoms with Crippen LogP contribution in [-0.4, -0.2) is 62.0 Å². The normalized spacial score (nSPS) is 19.6. The zero-order valence-corrected chi connectivity index (χ0v) is 25.5. The zero-order chi connectivity index (χ0) is 29.4. The van der Waals surface area contributed by atoms with E-state index in [1.165, 1.54) is 0 Å². The Labute approximate surface area is 247 Å². The molecule has 2 aliphatic rings. The number of nitrogens with zero attached hydrogens (tertiary/aromatic N) is 4. The van der Waals surface area contributed by atoms with Crippen molar-refractivity contribution in [2.24, 2.45) is 0 Å². The number of hydrogen-bond acceptors (Lipinski definition) is 7. The van der Waals surface area contributed by atoms with Gasteiger partial charge in [-0.1, -0.05) is 38.0 Å². The molecule has 1 saturated carbocycles. The average Bonchev–Trinajstić information content (AvgIpc) is 3.52. The lowest BCUT2D eigenvalue weighted by Gasteiger charge is -2.30. The summed E-state index contributed by atoms with van der Waals surface area (Å²) < 4.78 is 20.7. The lowest BCUT2D eigenvalue weighted by molar-refractivity contribution is -0.0208. The number of nitrogens with one attached hydrogen (secondary N) is 1. The van der Waals surface area contributed by atoms with Crippen molar-refractivity contribution in [3.8, 4) is 11.1 Å². The third-order valence-electron chi connectivity index (χ3n) is 8.66.